The van der Waals surface area contributed by atoms with E-state index in [1.165, 1.54) is 51.4 Å². The van der Waals surface area contributed by atoms with Crippen molar-refractivity contribution in [2.75, 3.05) is 0 Å². The van der Waals surface area contributed by atoms with Gasteiger partial charge in [0.25, 0.3) is 0 Å². The number of Topliss-reactive ketones (excluding diaryl/α,β-unsaturated/α-hetero) is 1. The van der Waals surface area contributed by atoms with E-state index in [4.69, 9.17) is 4.74 Å². The first-order valence-electron chi connectivity index (χ1n) is 9.57. The minimum atomic E-state index is 0.0460. The molecule has 6 aliphatic rings. The second kappa shape index (κ2) is 4.18. The lowest BCUT2D eigenvalue weighted by molar-refractivity contribution is -0.175. The molecule has 6 bridgehead atoms. The molecule has 2 aliphatic heterocycles. The Balaban J connectivity index is 1.45. The molecule has 0 aromatic rings. The van der Waals surface area contributed by atoms with Crippen molar-refractivity contribution >= 4 is 5.78 Å². The van der Waals surface area contributed by atoms with E-state index in [0.29, 0.717) is 34.7 Å². The molecule has 122 valence electrons. The van der Waals surface area contributed by atoms with Crippen LogP contribution in [0.3, 0.4) is 0 Å². The van der Waals surface area contributed by atoms with Gasteiger partial charge in [-0.3, -0.25) is 4.79 Å². The molecule has 0 aromatic heterocycles. The van der Waals surface area contributed by atoms with E-state index >= 15 is 0 Å². The van der Waals surface area contributed by atoms with E-state index < -0.39 is 0 Å². The van der Waals surface area contributed by atoms with Gasteiger partial charge in [0.2, 0.25) is 0 Å². The highest BCUT2D eigenvalue weighted by atomic mass is 16.5. The van der Waals surface area contributed by atoms with Crippen LogP contribution in [0.1, 0.15) is 78.1 Å². The smallest absolute Gasteiger partial charge is 0.142 e. The number of hydrogen-bond donors (Lipinski definition) is 0. The van der Waals surface area contributed by atoms with Gasteiger partial charge >= 0.3 is 0 Å². The molecular weight excluding hydrogens is 272 g/mol. The van der Waals surface area contributed by atoms with Crippen LogP contribution in [0.4, 0.5) is 0 Å². The summed E-state index contributed by atoms with van der Waals surface area (Å²) in [4.78, 5) is 13.6. The maximum absolute atomic E-state index is 13.6. The molecule has 2 heteroatoms. The fraction of sp³-hybridized carbons (Fsp3) is 0.950. The largest absolute Gasteiger partial charge is 0.375 e. The fourth-order valence-corrected chi connectivity index (χ4v) is 8.23. The van der Waals surface area contributed by atoms with Gasteiger partial charge in [-0.05, 0) is 81.0 Å². The molecule has 4 aliphatic carbocycles. The van der Waals surface area contributed by atoms with Crippen LogP contribution in [0.2, 0.25) is 0 Å². The van der Waals surface area contributed by atoms with Crippen molar-refractivity contribution < 1.29 is 9.53 Å². The van der Waals surface area contributed by atoms with Gasteiger partial charge in [-0.15, -0.1) is 0 Å². The van der Waals surface area contributed by atoms with E-state index in [9.17, 15) is 4.79 Å². The molecule has 4 unspecified atom stereocenters. The van der Waals surface area contributed by atoms with Crippen LogP contribution in [-0.2, 0) is 9.53 Å². The van der Waals surface area contributed by atoms with Crippen molar-refractivity contribution in [1.82, 2.24) is 0 Å². The zero-order valence-corrected chi connectivity index (χ0v) is 14.2. The lowest BCUT2D eigenvalue weighted by Gasteiger charge is -2.65. The minimum absolute atomic E-state index is 0.0460. The summed E-state index contributed by atoms with van der Waals surface area (Å²) in [5, 5.41) is 0. The summed E-state index contributed by atoms with van der Waals surface area (Å²) in [6.45, 7) is 4.96. The molecule has 2 saturated heterocycles. The highest BCUT2D eigenvalue weighted by Gasteiger charge is 2.63. The summed E-state index contributed by atoms with van der Waals surface area (Å²) in [7, 11) is 0. The molecule has 6 rings (SSSR count). The molecule has 0 N–H and O–H groups in total. The van der Waals surface area contributed by atoms with Gasteiger partial charge in [0, 0.05) is 11.3 Å². The lowest BCUT2D eigenvalue weighted by atomic mass is 9.39. The lowest BCUT2D eigenvalue weighted by Crippen LogP contribution is -2.59. The van der Waals surface area contributed by atoms with Crippen LogP contribution in [-0.4, -0.2) is 18.0 Å². The molecule has 2 heterocycles. The monoisotopic (exact) mass is 302 g/mol. The van der Waals surface area contributed by atoms with Crippen LogP contribution < -0.4 is 0 Å². The number of hydrogen-bond acceptors (Lipinski definition) is 2. The number of carbonyl (C=O) groups is 1. The van der Waals surface area contributed by atoms with Crippen molar-refractivity contribution in [3.63, 3.8) is 0 Å². The average Bonchev–Trinajstić information content (AvgIpc) is 2.72. The van der Waals surface area contributed by atoms with Gasteiger partial charge < -0.3 is 4.74 Å². The molecule has 4 saturated carbocycles. The van der Waals surface area contributed by atoms with Gasteiger partial charge in [-0.25, -0.2) is 0 Å². The van der Waals surface area contributed by atoms with Crippen molar-refractivity contribution in [3.8, 4) is 0 Å². The third-order valence-corrected chi connectivity index (χ3v) is 7.81. The van der Waals surface area contributed by atoms with Gasteiger partial charge in [0.1, 0.15) is 5.78 Å². The molecule has 0 radical (unpaired) electrons. The molecule has 4 atom stereocenters. The predicted octanol–water partition coefficient (Wildman–Crippen LogP) is 4.51. The van der Waals surface area contributed by atoms with Crippen molar-refractivity contribution in [1.29, 1.82) is 0 Å². The van der Waals surface area contributed by atoms with E-state index in [2.05, 4.69) is 13.8 Å². The highest BCUT2D eigenvalue weighted by Crippen LogP contribution is 2.70. The number of ether oxygens (including phenoxy) is 1. The van der Waals surface area contributed by atoms with Crippen LogP contribution in [0.15, 0.2) is 0 Å². The Morgan fingerprint density at radius 3 is 2.05 bits per heavy atom. The Hall–Kier alpha value is -0.370. The number of rotatable bonds is 2. The summed E-state index contributed by atoms with van der Waals surface area (Å²) >= 11 is 0. The Morgan fingerprint density at radius 2 is 1.50 bits per heavy atom. The normalized spacial score (nSPS) is 59.0. The molecule has 2 nitrogen and oxygen atoms in total. The summed E-state index contributed by atoms with van der Waals surface area (Å²) in [6.07, 6.45) is 13.0. The second-order valence-electron chi connectivity index (χ2n) is 10.4. The number of fused-ring (bicyclic) bond motifs is 2. The van der Waals surface area contributed by atoms with Gasteiger partial charge in [0.05, 0.1) is 12.2 Å². The summed E-state index contributed by atoms with van der Waals surface area (Å²) in [5.41, 5.74) is 0.951. The maximum Gasteiger partial charge on any atom is 0.142 e. The van der Waals surface area contributed by atoms with Crippen LogP contribution in [0, 0.1) is 28.1 Å². The zero-order chi connectivity index (χ0) is 15.2. The third kappa shape index (κ3) is 1.92. The van der Waals surface area contributed by atoms with E-state index in [1.54, 1.807) is 0 Å². The van der Waals surface area contributed by atoms with E-state index in [1.807, 2.05) is 0 Å². The maximum atomic E-state index is 13.6. The number of ketones is 1. The predicted molar refractivity (Wildman–Crippen MR) is 85.5 cm³/mol. The summed E-state index contributed by atoms with van der Waals surface area (Å²) in [6, 6.07) is 0. The van der Waals surface area contributed by atoms with Crippen molar-refractivity contribution in [2.45, 2.75) is 90.3 Å². The number of carbonyl (C=O) groups excluding carboxylic acids is 1. The van der Waals surface area contributed by atoms with Crippen LogP contribution >= 0.6 is 0 Å². The third-order valence-electron chi connectivity index (χ3n) is 7.81. The zero-order valence-electron chi connectivity index (χ0n) is 14.2. The van der Waals surface area contributed by atoms with Gasteiger partial charge in [-0.2, -0.15) is 0 Å². The fourth-order valence-electron chi connectivity index (χ4n) is 8.23. The van der Waals surface area contributed by atoms with Crippen molar-refractivity contribution in [2.24, 2.45) is 28.1 Å². The summed E-state index contributed by atoms with van der Waals surface area (Å²) < 4.78 is 5.98. The Bertz CT molecular complexity index is 494. The van der Waals surface area contributed by atoms with Gasteiger partial charge in [0.15, 0.2) is 0 Å². The summed E-state index contributed by atoms with van der Waals surface area (Å²) in [5.74, 6) is 1.80. The standard InChI is InChI=1S/C20H30O2/c1-18-7-13-8-19(2,10-18)12-20(9-13,11-18)17(21)14-5-15-3-4-16(6-14)22-15/h13-16H,3-12H2,1-2H3. The molecule has 0 amide bonds. The minimum Gasteiger partial charge on any atom is -0.375 e. The SMILES string of the molecule is CC12CC3CC(C)(C1)CC(C(=O)C1CC4CCC(C1)O4)(C3)C2. The Kier molecular flexibility index (Phi) is 2.66. The Labute approximate surface area is 134 Å². The van der Waals surface area contributed by atoms with Crippen LogP contribution in [0.5, 0.6) is 0 Å². The van der Waals surface area contributed by atoms with E-state index in [-0.39, 0.29) is 5.41 Å². The molecule has 0 aromatic carbocycles. The second-order valence-corrected chi connectivity index (χ2v) is 10.4. The topological polar surface area (TPSA) is 26.3 Å². The van der Waals surface area contributed by atoms with Gasteiger partial charge in [-0.1, -0.05) is 13.8 Å². The molecule has 0 spiro atoms. The quantitative estimate of drug-likeness (QED) is 0.750. The highest BCUT2D eigenvalue weighted by molar-refractivity contribution is 5.88. The first-order chi connectivity index (χ1) is 10.4. The van der Waals surface area contributed by atoms with Crippen LogP contribution in [0.25, 0.3) is 0 Å². The van der Waals surface area contributed by atoms with E-state index in [0.717, 1.165) is 18.8 Å². The molecule has 22 heavy (non-hydrogen) atoms. The first-order valence-corrected chi connectivity index (χ1v) is 9.57. The molecular formula is C20H30O2. The average molecular weight is 302 g/mol. The Morgan fingerprint density at radius 1 is 0.909 bits per heavy atom. The first kappa shape index (κ1) is 14.0. The molecule has 6 fully saturated rings. The van der Waals surface area contributed by atoms with Crippen molar-refractivity contribution in [3.05, 3.63) is 0 Å².